The highest BCUT2D eigenvalue weighted by molar-refractivity contribution is 6.11. The van der Waals surface area contributed by atoms with Crippen LogP contribution in [0.25, 0.3) is 6.08 Å². The molecule has 3 aromatic rings. The molecular formula is C54H66N4O15. The van der Waals surface area contributed by atoms with Crippen LogP contribution in [-0.2, 0) is 25.5 Å². The summed E-state index contributed by atoms with van der Waals surface area (Å²) in [6.07, 6.45) is 3.83. The minimum atomic E-state index is -2.43. The summed E-state index contributed by atoms with van der Waals surface area (Å²) in [7, 11) is 1.22. The number of aromatic nitrogens is 3. The first-order chi connectivity index (χ1) is 34.5. The number of Topliss-reactive ketones (excluding diaryl/α,β-unsaturated/α-hetero) is 2. The summed E-state index contributed by atoms with van der Waals surface area (Å²) in [6, 6.07) is 4.42. The van der Waals surface area contributed by atoms with Gasteiger partial charge >= 0.3 is 11.9 Å². The molecule has 7 unspecified atom stereocenters. The van der Waals surface area contributed by atoms with E-state index in [1.54, 1.807) is 6.08 Å². The monoisotopic (exact) mass is 1010 g/mol. The number of aliphatic hydroxyl groups is 5. The van der Waals surface area contributed by atoms with Crippen molar-refractivity contribution in [3.63, 3.8) is 0 Å². The number of methoxy groups -OCH3 is 1. The largest absolute Gasteiger partial charge is 0.482 e. The van der Waals surface area contributed by atoms with Crippen molar-refractivity contribution in [2.24, 2.45) is 23.7 Å². The molecule has 3 saturated carbocycles. The van der Waals surface area contributed by atoms with Gasteiger partial charge in [-0.2, -0.15) is 0 Å². The maximum Gasteiger partial charge on any atom is 0.343 e. The standard InChI is InChI=1S/C54H66N4O15/c1-26(2)11-10-20-52(8)21-19-33-44(72-52)32(17-12-27(3)4)46-37(45(33)71-49(66)30-13-15-31(16-14-30)69-50-43(63)42(62)40(60)36(24-59)70-50)41(61)38-39(58-25-56-51(55)57-58)34-23-35(28(5)6)54(38,73-46)53(67,47(34)64)22-18-29(7)48(65)68-9/h11-16,18-19,21,25,28,34-36,38-40,42-43,50,59-60,62-63,67H,10,17,20,22-24H2,1-9H3,(H2,55,57)/b29-18-/t34?,35?,36-,38?,39?,40-,42+,43-,50-,52?,53?,54?/m1/s1. The first-order valence-corrected chi connectivity index (χ1v) is 24.6. The molecule has 4 heterocycles. The number of anilines is 1. The van der Waals surface area contributed by atoms with Gasteiger partial charge in [-0.1, -0.05) is 43.2 Å². The molecule has 6 aliphatic rings. The van der Waals surface area contributed by atoms with Crippen molar-refractivity contribution < 1.29 is 73.1 Å². The Labute approximate surface area is 423 Å². The molecule has 73 heavy (non-hydrogen) atoms. The van der Waals surface area contributed by atoms with Crippen molar-refractivity contribution in [2.45, 2.75) is 141 Å². The molecule has 3 aliphatic carbocycles. The quantitative estimate of drug-likeness (QED) is 0.0508. The lowest BCUT2D eigenvalue weighted by Gasteiger charge is -2.66. The van der Waals surface area contributed by atoms with E-state index in [1.165, 1.54) is 55.4 Å². The summed E-state index contributed by atoms with van der Waals surface area (Å²) in [5, 5.41) is 58.7. The predicted molar refractivity (Wildman–Crippen MR) is 264 cm³/mol. The van der Waals surface area contributed by atoms with E-state index in [4.69, 9.17) is 34.2 Å². The van der Waals surface area contributed by atoms with E-state index in [2.05, 4.69) is 16.2 Å². The Balaban J connectivity index is 1.33. The van der Waals surface area contributed by atoms with Gasteiger partial charge in [-0.3, -0.25) is 9.59 Å². The molecule has 19 nitrogen and oxygen atoms in total. The molecule has 1 saturated heterocycles. The van der Waals surface area contributed by atoms with Crippen LogP contribution in [0, 0.1) is 23.7 Å². The average molecular weight is 1010 g/mol. The normalized spacial score (nSPS) is 31.1. The number of nitrogen functional groups attached to an aromatic ring is 1. The van der Waals surface area contributed by atoms with Crippen LogP contribution in [0.4, 0.5) is 5.95 Å². The van der Waals surface area contributed by atoms with Crippen molar-refractivity contribution in [3.8, 4) is 23.0 Å². The number of hydrogen-bond acceptors (Lipinski definition) is 18. The third kappa shape index (κ3) is 9.28. The van der Waals surface area contributed by atoms with Crippen LogP contribution in [0.2, 0.25) is 0 Å². The maximum absolute atomic E-state index is 16.4. The molecule has 4 fully saturated rings. The Kier molecular flexibility index (Phi) is 14.7. The Hall–Kier alpha value is -6.22. The number of aliphatic hydroxyl groups excluding tert-OH is 4. The Morgan fingerprint density at radius 3 is 2.29 bits per heavy atom. The zero-order chi connectivity index (χ0) is 53.1. The molecule has 1 spiro atoms. The van der Waals surface area contributed by atoms with E-state index >= 15 is 9.59 Å². The van der Waals surface area contributed by atoms with Crippen molar-refractivity contribution in [1.82, 2.24) is 14.8 Å². The topological polar surface area (TPSA) is 282 Å². The van der Waals surface area contributed by atoms with Gasteiger partial charge in [-0.05, 0) is 110 Å². The fourth-order valence-electron chi connectivity index (χ4n) is 11.3. The van der Waals surface area contributed by atoms with Crippen LogP contribution in [0.15, 0.2) is 71.6 Å². The molecule has 392 valence electrons. The van der Waals surface area contributed by atoms with Crippen LogP contribution in [0.3, 0.4) is 0 Å². The third-order valence-corrected chi connectivity index (χ3v) is 15.0. The Morgan fingerprint density at radius 1 is 0.973 bits per heavy atom. The molecule has 1 aromatic heterocycles. The highest BCUT2D eigenvalue weighted by Crippen LogP contribution is 2.67. The van der Waals surface area contributed by atoms with Crippen molar-refractivity contribution in [2.75, 3.05) is 19.5 Å². The molecule has 9 rings (SSSR count). The van der Waals surface area contributed by atoms with Gasteiger partial charge in [0.15, 0.2) is 28.5 Å². The minimum absolute atomic E-state index is 0.00881. The van der Waals surface area contributed by atoms with E-state index in [9.17, 15) is 35.1 Å². The van der Waals surface area contributed by atoms with E-state index in [0.29, 0.717) is 18.4 Å². The lowest BCUT2D eigenvalue weighted by molar-refractivity contribution is -0.277. The van der Waals surface area contributed by atoms with Gasteiger partial charge in [0, 0.05) is 29.4 Å². The summed E-state index contributed by atoms with van der Waals surface area (Å²) < 4.78 is 38.6. The smallest absolute Gasteiger partial charge is 0.343 e. The number of ether oxygens (including phenoxy) is 6. The second-order valence-electron chi connectivity index (χ2n) is 20.8. The second kappa shape index (κ2) is 20.2. The van der Waals surface area contributed by atoms with Crippen molar-refractivity contribution in [3.05, 3.63) is 93.9 Å². The number of nitrogens with zero attached hydrogens (tertiary/aromatic N) is 3. The minimum Gasteiger partial charge on any atom is -0.482 e. The van der Waals surface area contributed by atoms with Crippen LogP contribution in [0.1, 0.15) is 119 Å². The number of esters is 2. The number of hydrogen-bond donors (Lipinski definition) is 6. The van der Waals surface area contributed by atoms with Gasteiger partial charge < -0.3 is 59.7 Å². The molecule has 3 aliphatic heterocycles. The van der Waals surface area contributed by atoms with Crippen LogP contribution in [0.5, 0.6) is 23.0 Å². The Morgan fingerprint density at radius 2 is 1.67 bits per heavy atom. The number of rotatable bonds is 15. The van der Waals surface area contributed by atoms with Crippen LogP contribution in [-0.4, -0.2) is 125 Å². The van der Waals surface area contributed by atoms with E-state index < -0.39 is 108 Å². The third-order valence-electron chi connectivity index (χ3n) is 15.0. The number of carbonyl (C=O) groups is 4. The van der Waals surface area contributed by atoms with E-state index in [-0.39, 0.29) is 70.0 Å². The van der Waals surface area contributed by atoms with Gasteiger partial charge in [0.25, 0.3) is 0 Å². The lowest BCUT2D eigenvalue weighted by Crippen LogP contribution is -2.81. The average Bonchev–Trinajstić information content (AvgIpc) is 3.79. The number of carbonyl (C=O) groups excluding carboxylic acids is 4. The molecule has 7 N–H and O–H groups in total. The summed E-state index contributed by atoms with van der Waals surface area (Å²) in [6.45, 7) is 14.5. The zero-order valence-electron chi connectivity index (χ0n) is 42.5. The first-order valence-electron chi connectivity index (χ1n) is 24.6. The van der Waals surface area contributed by atoms with Crippen LogP contribution >= 0.6 is 0 Å². The van der Waals surface area contributed by atoms with Gasteiger partial charge in [0.1, 0.15) is 59.2 Å². The summed E-state index contributed by atoms with van der Waals surface area (Å²) in [5.41, 5.74) is 3.41. The molecule has 0 amide bonds. The molecule has 2 bridgehead atoms. The number of ketones is 2. The highest BCUT2D eigenvalue weighted by Gasteiger charge is 2.79. The highest BCUT2D eigenvalue weighted by atomic mass is 16.7. The van der Waals surface area contributed by atoms with E-state index in [1.807, 2.05) is 60.6 Å². The van der Waals surface area contributed by atoms with Crippen LogP contribution < -0.4 is 24.7 Å². The summed E-state index contributed by atoms with van der Waals surface area (Å²) >= 11 is 0. The number of allylic oxidation sites excluding steroid dienone is 4. The second-order valence-corrected chi connectivity index (χ2v) is 20.8. The van der Waals surface area contributed by atoms with Gasteiger partial charge in [-0.25, -0.2) is 19.3 Å². The first kappa shape index (κ1) is 53.1. The number of fused-ring (bicyclic) bond motifs is 4. The zero-order valence-corrected chi connectivity index (χ0v) is 42.5. The van der Waals surface area contributed by atoms with Gasteiger partial charge in [0.2, 0.25) is 12.2 Å². The van der Waals surface area contributed by atoms with Gasteiger partial charge in [0.05, 0.1) is 36.8 Å². The van der Waals surface area contributed by atoms with Crippen molar-refractivity contribution in [1.29, 1.82) is 0 Å². The molecule has 0 radical (unpaired) electrons. The molecule has 12 atom stereocenters. The molecule has 19 heteroatoms. The van der Waals surface area contributed by atoms with Gasteiger partial charge in [-0.15, -0.1) is 5.10 Å². The SMILES string of the molecule is COC(=O)/C(C)=C\CC1(O)C(=O)C2CC(C(C)C)C13Oc1c(CC=C(C)C)c4c(c(OC(=O)c5ccc(O[C@@H]6O[C@H](CO)[C@@H](O)[C@H](O)[C@H]6O)cc5)c1C(=O)C3C2n1cnc(N)n1)C=CC(C)(CCC=C(C)C)O4. The molecular weight excluding hydrogens is 945 g/mol. The van der Waals surface area contributed by atoms with Crippen molar-refractivity contribution >= 4 is 35.5 Å². The predicted octanol–water partition coefficient (Wildman–Crippen LogP) is 4.96. The lowest BCUT2D eigenvalue weighted by atomic mass is 9.43. The van der Waals surface area contributed by atoms with E-state index in [0.717, 1.165) is 11.1 Å². The number of benzene rings is 2. The maximum atomic E-state index is 16.4. The summed E-state index contributed by atoms with van der Waals surface area (Å²) in [4.78, 5) is 63.3. The Bertz CT molecular complexity index is 2790. The fraction of sp³-hybridized carbons (Fsp3) is 0.519. The fourth-order valence-corrected chi connectivity index (χ4v) is 11.3. The molecule has 2 aromatic carbocycles. The number of nitrogens with two attached hydrogens (primary N) is 1. The summed E-state index contributed by atoms with van der Waals surface area (Å²) in [5.74, 6) is -6.24.